The summed E-state index contributed by atoms with van der Waals surface area (Å²) >= 11 is 0. The molecule has 1 atom stereocenters. The molecule has 0 heterocycles. The quantitative estimate of drug-likeness (QED) is 0.570. The van der Waals surface area contributed by atoms with Gasteiger partial charge in [0.05, 0.1) is 0 Å². The van der Waals surface area contributed by atoms with Gasteiger partial charge in [-0.2, -0.15) is 0 Å². The van der Waals surface area contributed by atoms with Crippen LogP contribution in [-0.2, 0) is 9.47 Å². The van der Waals surface area contributed by atoms with E-state index in [-0.39, 0.29) is 6.10 Å². The second-order valence-electron chi connectivity index (χ2n) is 1.94. The average molecular weight is 145 g/mol. The van der Waals surface area contributed by atoms with Gasteiger partial charge in [-0.15, -0.1) is 0 Å². The molecule has 0 N–H and O–H groups in total. The lowest BCUT2D eigenvalue weighted by Crippen LogP contribution is -2.13. The van der Waals surface area contributed by atoms with Gasteiger partial charge in [-0.3, -0.25) is 0 Å². The van der Waals surface area contributed by atoms with Crippen molar-refractivity contribution in [2.24, 2.45) is 0 Å². The minimum absolute atomic E-state index is 0.0625. The van der Waals surface area contributed by atoms with Crippen LogP contribution in [0.1, 0.15) is 27.2 Å². The number of hydrogen-bond donors (Lipinski definition) is 0. The minimum Gasteiger partial charge on any atom is -0.431 e. The summed E-state index contributed by atoms with van der Waals surface area (Å²) in [4.78, 5) is 10.5. The van der Waals surface area contributed by atoms with Gasteiger partial charge in [0.25, 0.3) is 0 Å². The molecule has 0 aromatic rings. The Hall–Kier alpha value is -0.730. The molecule has 0 aromatic carbocycles. The van der Waals surface area contributed by atoms with Gasteiger partial charge in [0, 0.05) is 0 Å². The van der Waals surface area contributed by atoms with Crippen molar-refractivity contribution in [3.8, 4) is 0 Å². The smallest absolute Gasteiger partial charge is 0.431 e. The monoisotopic (exact) mass is 145 g/mol. The molecule has 1 radical (unpaired) electrons. The summed E-state index contributed by atoms with van der Waals surface area (Å²) in [6.45, 7) is 6.67. The van der Waals surface area contributed by atoms with Crippen LogP contribution in [0.15, 0.2) is 0 Å². The van der Waals surface area contributed by atoms with Crippen molar-refractivity contribution in [2.75, 3.05) is 0 Å². The van der Waals surface area contributed by atoms with Crippen LogP contribution >= 0.6 is 0 Å². The molecule has 0 aromatic heterocycles. The van der Waals surface area contributed by atoms with E-state index in [1.54, 1.807) is 6.92 Å². The van der Waals surface area contributed by atoms with E-state index < -0.39 is 6.16 Å². The lowest BCUT2D eigenvalue weighted by molar-refractivity contribution is 0.0441. The van der Waals surface area contributed by atoms with Crippen LogP contribution in [0.25, 0.3) is 0 Å². The summed E-state index contributed by atoms with van der Waals surface area (Å²) in [6, 6.07) is 0. The van der Waals surface area contributed by atoms with Crippen LogP contribution < -0.4 is 0 Å². The first-order chi connectivity index (χ1) is 4.70. The van der Waals surface area contributed by atoms with E-state index in [1.165, 1.54) is 6.61 Å². The number of carbonyl (C=O) groups excluding carboxylic acids is 1. The number of carbonyl (C=O) groups is 1. The maximum Gasteiger partial charge on any atom is 0.508 e. The van der Waals surface area contributed by atoms with Crippen molar-refractivity contribution in [2.45, 2.75) is 33.3 Å². The highest BCUT2D eigenvalue weighted by atomic mass is 16.7. The first kappa shape index (κ1) is 9.27. The van der Waals surface area contributed by atoms with Gasteiger partial charge in [-0.05, 0) is 20.3 Å². The topological polar surface area (TPSA) is 35.5 Å². The fourth-order valence-electron chi connectivity index (χ4n) is 0.372. The molecule has 3 nitrogen and oxygen atoms in total. The van der Waals surface area contributed by atoms with E-state index in [4.69, 9.17) is 4.74 Å². The van der Waals surface area contributed by atoms with Crippen LogP contribution in [0.5, 0.6) is 0 Å². The van der Waals surface area contributed by atoms with E-state index >= 15 is 0 Å². The maximum atomic E-state index is 10.5. The lowest BCUT2D eigenvalue weighted by atomic mass is 10.3. The van der Waals surface area contributed by atoms with Crippen LogP contribution in [0.4, 0.5) is 4.79 Å². The molecule has 59 valence electrons. The molecule has 0 rings (SSSR count). The Balaban J connectivity index is 3.37. The standard InChI is InChI=1S/C7H13O3/c1-4-6(3)10-7(8)9-5-2/h5-6H,4H2,1-3H3. The predicted octanol–water partition coefficient (Wildman–Crippen LogP) is 2.12. The number of hydrogen-bond acceptors (Lipinski definition) is 3. The Bertz CT molecular complexity index is 101. The van der Waals surface area contributed by atoms with E-state index in [2.05, 4.69) is 4.74 Å². The zero-order valence-electron chi connectivity index (χ0n) is 6.59. The van der Waals surface area contributed by atoms with E-state index in [0.29, 0.717) is 0 Å². The molecule has 0 amide bonds. The third kappa shape index (κ3) is 4.18. The highest BCUT2D eigenvalue weighted by Gasteiger charge is 2.06. The van der Waals surface area contributed by atoms with Gasteiger partial charge in [-0.1, -0.05) is 6.92 Å². The van der Waals surface area contributed by atoms with Crippen LogP contribution in [0.2, 0.25) is 0 Å². The fourth-order valence-corrected chi connectivity index (χ4v) is 0.372. The van der Waals surface area contributed by atoms with Gasteiger partial charge in [-0.25, -0.2) is 4.79 Å². The predicted molar refractivity (Wildman–Crippen MR) is 37.3 cm³/mol. The van der Waals surface area contributed by atoms with Crippen molar-refractivity contribution in [1.82, 2.24) is 0 Å². The largest absolute Gasteiger partial charge is 0.508 e. The van der Waals surface area contributed by atoms with Crippen molar-refractivity contribution >= 4 is 6.16 Å². The van der Waals surface area contributed by atoms with Crippen molar-refractivity contribution in [1.29, 1.82) is 0 Å². The average Bonchev–Trinajstić information content (AvgIpc) is 1.88. The van der Waals surface area contributed by atoms with E-state index in [1.807, 2.05) is 13.8 Å². The summed E-state index contributed by atoms with van der Waals surface area (Å²) in [5, 5.41) is 0. The second kappa shape index (κ2) is 5.09. The summed E-state index contributed by atoms with van der Waals surface area (Å²) < 4.78 is 9.18. The summed E-state index contributed by atoms with van der Waals surface area (Å²) in [7, 11) is 0. The molecule has 3 heteroatoms. The molecular formula is C7H13O3. The molecule has 1 unspecified atom stereocenters. The molecule has 0 aliphatic heterocycles. The summed E-state index contributed by atoms with van der Waals surface area (Å²) in [5.74, 6) is 0. The highest BCUT2D eigenvalue weighted by molar-refractivity contribution is 5.60. The Morgan fingerprint density at radius 3 is 2.70 bits per heavy atom. The maximum absolute atomic E-state index is 10.5. The third-order valence-electron chi connectivity index (χ3n) is 1.09. The molecule has 0 spiro atoms. The molecule has 0 fully saturated rings. The SMILES string of the molecule is C[CH]OC(=O)OC(C)CC. The van der Waals surface area contributed by atoms with Crippen LogP contribution in [0, 0.1) is 6.61 Å². The lowest BCUT2D eigenvalue weighted by Gasteiger charge is -2.08. The molecule has 10 heavy (non-hydrogen) atoms. The number of ether oxygens (including phenoxy) is 2. The summed E-state index contributed by atoms with van der Waals surface area (Å²) in [6.07, 6.45) is 0.114. The number of rotatable bonds is 3. The Morgan fingerprint density at radius 1 is 1.70 bits per heavy atom. The zero-order valence-corrected chi connectivity index (χ0v) is 6.59. The first-order valence-corrected chi connectivity index (χ1v) is 3.35. The molecule has 0 aliphatic carbocycles. The second-order valence-corrected chi connectivity index (χ2v) is 1.94. The van der Waals surface area contributed by atoms with Gasteiger partial charge >= 0.3 is 6.16 Å². The van der Waals surface area contributed by atoms with Crippen molar-refractivity contribution in [3.05, 3.63) is 6.61 Å². The fraction of sp³-hybridized carbons (Fsp3) is 0.714. The molecule has 0 aliphatic rings. The minimum atomic E-state index is -0.628. The van der Waals surface area contributed by atoms with E-state index in [9.17, 15) is 4.79 Å². The highest BCUT2D eigenvalue weighted by Crippen LogP contribution is 1.98. The zero-order chi connectivity index (χ0) is 7.98. The normalized spacial score (nSPS) is 12.3. The Labute approximate surface area is 61.3 Å². The van der Waals surface area contributed by atoms with Gasteiger partial charge in [0.1, 0.15) is 12.7 Å². The van der Waals surface area contributed by atoms with E-state index in [0.717, 1.165) is 6.42 Å². The Morgan fingerprint density at radius 2 is 2.30 bits per heavy atom. The Kier molecular flexibility index (Phi) is 4.72. The van der Waals surface area contributed by atoms with Gasteiger partial charge in [0.2, 0.25) is 0 Å². The molecule has 0 saturated heterocycles. The molecule has 0 bridgehead atoms. The molecule has 0 saturated carbocycles. The van der Waals surface area contributed by atoms with Crippen molar-refractivity contribution in [3.63, 3.8) is 0 Å². The third-order valence-corrected chi connectivity index (χ3v) is 1.09. The molecular weight excluding hydrogens is 132 g/mol. The van der Waals surface area contributed by atoms with Crippen LogP contribution in [-0.4, -0.2) is 12.3 Å². The first-order valence-electron chi connectivity index (χ1n) is 3.35. The van der Waals surface area contributed by atoms with Crippen molar-refractivity contribution < 1.29 is 14.3 Å². The van der Waals surface area contributed by atoms with Gasteiger partial charge in [0.15, 0.2) is 0 Å². The summed E-state index contributed by atoms with van der Waals surface area (Å²) in [5.41, 5.74) is 0. The van der Waals surface area contributed by atoms with Gasteiger partial charge < -0.3 is 9.47 Å². The van der Waals surface area contributed by atoms with Crippen LogP contribution in [0.3, 0.4) is 0 Å².